The highest BCUT2D eigenvalue weighted by Gasteiger charge is 2.21. The maximum atomic E-state index is 11.7. The van der Waals surface area contributed by atoms with Crippen LogP contribution in [0.15, 0.2) is 48.8 Å². The van der Waals surface area contributed by atoms with Gasteiger partial charge in [-0.05, 0) is 55.3 Å². The predicted octanol–water partition coefficient (Wildman–Crippen LogP) is 2.35. The van der Waals surface area contributed by atoms with Crippen LogP contribution in [0, 0.1) is 11.3 Å². The summed E-state index contributed by atoms with van der Waals surface area (Å²) in [7, 11) is 0. The van der Waals surface area contributed by atoms with Crippen molar-refractivity contribution in [1.29, 1.82) is 5.26 Å². The van der Waals surface area contributed by atoms with Gasteiger partial charge in [-0.3, -0.25) is 4.79 Å². The van der Waals surface area contributed by atoms with E-state index in [2.05, 4.69) is 31.2 Å². The van der Waals surface area contributed by atoms with Gasteiger partial charge in [0.05, 0.1) is 12.2 Å². The van der Waals surface area contributed by atoms with Crippen LogP contribution in [-0.4, -0.2) is 83.0 Å². The van der Waals surface area contributed by atoms with Gasteiger partial charge in [0, 0.05) is 49.7 Å². The van der Waals surface area contributed by atoms with Crippen LogP contribution in [0.3, 0.4) is 0 Å². The van der Waals surface area contributed by atoms with Crippen molar-refractivity contribution < 1.29 is 19.4 Å². The number of hydrogen-bond acceptors (Lipinski definition) is 10. The number of benzene rings is 2. The molecule has 196 valence electrons. The third-order valence-corrected chi connectivity index (χ3v) is 6.60. The van der Waals surface area contributed by atoms with Crippen molar-refractivity contribution in [3.05, 3.63) is 54.4 Å². The lowest BCUT2D eigenvalue weighted by Gasteiger charge is -2.35. The second kappa shape index (κ2) is 11.9. The Kier molecular flexibility index (Phi) is 7.92. The van der Waals surface area contributed by atoms with E-state index in [-0.39, 0.29) is 12.0 Å². The van der Waals surface area contributed by atoms with Crippen LogP contribution >= 0.6 is 0 Å². The van der Waals surface area contributed by atoms with E-state index in [1.165, 1.54) is 6.33 Å². The van der Waals surface area contributed by atoms with Crippen LogP contribution in [0.2, 0.25) is 0 Å². The first-order valence-electron chi connectivity index (χ1n) is 12.6. The molecule has 0 radical (unpaired) electrons. The zero-order valence-electron chi connectivity index (χ0n) is 20.9. The molecule has 1 atom stereocenters. The highest BCUT2D eigenvalue weighted by atomic mass is 16.5. The zero-order chi connectivity index (χ0) is 26.3. The number of piperazine rings is 1. The number of ether oxygens (including phenoxy) is 2. The molecule has 1 unspecified atom stereocenters. The molecule has 2 N–H and O–H groups in total. The van der Waals surface area contributed by atoms with E-state index < -0.39 is 6.61 Å². The number of anilines is 3. The molecule has 2 fully saturated rings. The molecule has 3 heterocycles. The first-order valence-corrected chi connectivity index (χ1v) is 12.6. The Morgan fingerprint density at radius 2 is 1.97 bits per heavy atom. The fraction of sp³-hybridized carbons (Fsp3) is 0.370. The van der Waals surface area contributed by atoms with Crippen LogP contribution in [0.25, 0.3) is 11.4 Å². The van der Waals surface area contributed by atoms with Gasteiger partial charge in [-0.2, -0.15) is 10.2 Å². The summed E-state index contributed by atoms with van der Waals surface area (Å²) in [6, 6.07) is 15.4. The quantitative estimate of drug-likeness (QED) is 0.482. The maximum absolute atomic E-state index is 11.7. The summed E-state index contributed by atoms with van der Waals surface area (Å²) in [6.07, 6.45) is 3.22. The minimum Gasteiger partial charge on any atom is -0.487 e. The average Bonchev–Trinajstić information content (AvgIpc) is 2.98. The molecule has 0 saturated carbocycles. The molecule has 0 bridgehead atoms. The molecular formula is C27H29N7O4. The van der Waals surface area contributed by atoms with Crippen molar-refractivity contribution in [1.82, 2.24) is 19.9 Å². The Morgan fingerprint density at radius 1 is 1.16 bits per heavy atom. The first kappa shape index (κ1) is 25.4. The molecular weight excluding hydrogens is 486 g/mol. The highest BCUT2D eigenvalue weighted by molar-refractivity contribution is 5.77. The van der Waals surface area contributed by atoms with Crippen LogP contribution < -0.4 is 15.0 Å². The number of hydrogen-bond donors (Lipinski definition) is 2. The van der Waals surface area contributed by atoms with Gasteiger partial charge in [-0.15, -0.1) is 0 Å². The van der Waals surface area contributed by atoms with E-state index in [9.17, 15) is 10.1 Å². The lowest BCUT2D eigenvalue weighted by molar-refractivity contribution is -0.134. The number of carbonyl (C=O) groups is 1. The normalized spacial score (nSPS) is 17.5. The van der Waals surface area contributed by atoms with Crippen molar-refractivity contribution in [2.75, 3.05) is 56.2 Å². The molecule has 3 aromatic rings. The Labute approximate surface area is 220 Å². The molecule has 5 rings (SSSR count). The number of aliphatic hydroxyl groups is 1. The average molecular weight is 516 g/mol. The summed E-state index contributed by atoms with van der Waals surface area (Å²) in [6.45, 7) is 3.41. The van der Waals surface area contributed by atoms with Gasteiger partial charge in [0.25, 0.3) is 0 Å². The summed E-state index contributed by atoms with van der Waals surface area (Å²) >= 11 is 0. The summed E-state index contributed by atoms with van der Waals surface area (Å²) in [5, 5.41) is 21.9. The van der Waals surface area contributed by atoms with Crippen molar-refractivity contribution in [3.63, 3.8) is 0 Å². The van der Waals surface area contributed by atoms with Crippen LogP contribution in [0.4, 0.5) is 17.3 Å². The number of aliphatic hydroxyl groups excluding tert-OH is 1. The van der Waals surface area contributed by atoms with Gasteiger partial charge < -0.3 is 29.7 Å². The van der Waals surface area contributed by atoms with E-state index in [4.69, 9.17) is 14.6 Å². The molecule has 0 spiro atoms. The Hall–Kier alpha value is -4.27. The van der Waals surface area contributed by atoms with Crippen LogP contribution in [-0.2, 0) is 9.53 Å². The molecule has 11 nitrogen and oxygen atoms in total. The van der Waals surface area contributed by atoms with Gasteiger partial charge in [-0.25, -0.2) is 9.97 Å². The molecule has 2 saturated heterocycles. The van der Waals surface area contributed by atoms with E-state index in [1.807, 2.05) is 30.3 Å². The largest absolute Gasteiger partial charge is 0.487 e. The Balaban J connectivity index is 1.23. The number of amides is 1. The molecule has 2 aliphatic heterocycles. The van der Waals surface area contributed by atoms with Crippen molar-refractivity contribution in [2.24, 2.45) is 0 Å². The molecule has 1 amide bonds. The van der Waals surface area contributed by atoms with Gasteiger partial charge >= 0.3 is 0 Å². The lowest BCUT2D eigenvalue weighted by Crippen LogP contribution is -2.49. The third-order valence-electron chi connectivity index (χ3n) is 6.60. The van der Waals surface area contributed by atoms with E-state index in [1.54, 1.807) is 17.0 Å². The van der Waals surface area contributed by atoms with Gasteiger partial charge in [0.1, 0.15) is 30.9 Å². The minimum absolute atomic E-state index is 0.0545. The molecule has 2 aromatic carbocycles. The number of nitrogens with zero attached hydrogens (tertiary/aromatic N) is 6. The van der Waals surface area contributed by atoms with Gasteiger partial charge in [-0.1, -0.05) is 0 Å². The molecule has 11 heteroatoms. The summed E-state index contributed by atoms with van der Waals surface area (Å²) in [5.41, 5.74) is 2.97. The van der Waals surface area contributed by atoms with Gasteiger partial charge in [0.15, 0.2) is 5.82 Å². The number of rotatable bonds is 7. The fourth-order valence-electron chi connectivity index (χ4n) is 4.54. The summed E-state index contributed by atoms with van der Waals surface area (Å²) in [4.78, 5) is 28.6. The van der Waals surface area contributed by atoms with E-state index in [0.29, 0.717) is 61.4 Å². The molecule has 0 aliphatic carbocycles. The second-order valence-electron chi connectivity index (χ2n) is 9.11. The summed E-state index contributed by atoms with van der Waals surface area (Å²) in [5.74, 6) is 1.12. The highest BCUT2D eigenvalue weighted by Crippen LogP contribution is 2.27. The second-order valence-corrected chi connectivity index (χ2v) is 9.11. The van der Waals surface area contributed by atoms with Crippen molar-refractivity contribution in [2.45, 2.75) is 18.9 Å². The van der Waals surface area contributed by atoms with E-state index >= 15 is 0 Å². The Morgan fingerprint density at radius 3 is 2.68 bits per heavy atom. The van der Waals surface area contributed by atoms with Gasteiger partial charge in [0.2, 0.25) is 11.9 Å². The maximum Gasteiger partial charge on any atom is 0.248 e. The predicted molar refractivity (Wildman–Crippen MR) is 140 cm³/mol. The standard InChI is InChI=1S/C27H29N7O4/c28-15-20-14-19(3-8-24(20)38-23-2-1-13-37-17-23)26-29-18-30-27(32-26)31-21-4-6-22(7-5-21)33-9-11-34(12-10-33)25(36)16-35/h3-8,14,18,23,35H,1-2,9-13,16-17H2,(H,29,30,31,32). The van der Waals surface area contributed by atoms with Crippen LogP contribution in [0.5, 0.6) is 5.75 Å². The zero-order valence-corrected chi connectivity index (χ0v) is 20.9. The lowest BCUT2D eigenvalue weighted by atomic mass is 10.1. The van der Waals surface area contributed by atoms with Crippen LogP contribution in [0.1, 0.15) is 18.4 Å². The van der Waals surface area contributed by atoms with Crippen molar-refractivity contribution >= 4 is 23.2 Å². The monoisotopic (exact) mass is 515 g/mol. The molecule has 2 aliphatic rings. The number of nitriles is 1. The molecule has 38 heavy (non-hydrogen) atoms. The topological polar surface area (TPSA) is 137 Å². The van der Waals surface area contributed by atoms with E-state index in [0.717, 1.165) is 30.8 Å². The first-order chi connectivity index (χ1) is 18.6. The summed E-state index contributed by atoms with van der Waals surface area (Å²) < 4.78 is 11.5. The van der Waals surface area contributed by atoms with Crippen molar-refractivity contribution in [3.8, 4) is 23.2 Å². The fourth-order valence-corrected chi connectivity index (χ4v) is 4.54. The Bertz CT molecular complexity index is 1300. The smallest absolute Gasteiger partial charge is 0.248 e. The number of nitrogens with one attached hydrogen (secondary N) is 1. The number of aromatic nitrogens is 3. The SMILES string of the molecule is N#Cc1cc(-c2ncnc(Nc3ccc(N4CCN(C(=O)CO)CC4)cc3)n2)ccc1OC1CCCOC1. The minimum atomic E-state index is -0.450. The third kappa shape index (κ3) is 5.99. The molecule has 1 aromatic heterocycles. The number of carbonyl (C=O) groups excluding carboxylic acids is 1.